The van der Waals surface area contributed by atoms with Gasteiger partial charge in [0.1, 0.15) is 29.8 Å². The van der Waals surface area contributed by atoms with Crippen molar-refractivity contribution in [1.82, 2.24) is 9.97 Å². The molecule has 4 heterocycles. The Bertz CT molecular complexity index is 1270. The van der Waals surface area contributed by atoms with Crippen LogP contribution < -0.4 is 15.4 Å². The van der Waals surface area contributed by atoms with Crippen LogP contribution in [0, 0.1) is 11.4 Å². The summed E-state index contributed by atoms with van der Waals surface area (Å²) >= 11 is 0. The molecule has 2 aliphatic heterocycles. The Morgan fingerprint density at radius 1 is 1.20 bits per heavy atom. The van der Waals surface area contributed by atoms with Crippen LogP contribution >= 0.6 is 0 Å². The van der Waals surface area contributed by atoms with Crippen LogP contribution in [0.25, 0.3) is 11.1 Å². The van der Waals surface area contributed by atoms with Gasteiger partial charge in [0.05, 0.1) is 12.7 Å². The molecule has 10 heteroatoms. The van der Waals surface area contributed by atoms with E-state index in [0.717, 1.165) is 11.1 Å². The molecule has 5 rings (SSSR count). The second kappa shape index (κ2) is 9.18. The number of nitrogens with zero attached hydrogens (tertiary/aromatic N) is 3. The Hall–Kier alpha value is -3.66. The van der Waals surface area contributed by atoms with Gasteiger partial charge in [-0.2, -0.15) is 4.39 Å². The van der Waals surface area contributed by atoms with Crippen LogP contribution in [-0.2, 0) is 4.74 Å². The van der Waals surface area contributed by atoms with E-state index in [1.807, 2.05) is 6.07 Å². The third-order valence-corrected chi connectivity index (χ3v) is 6.24. The predicted molar refractivity (Wildman–Crippen MR) is 125 cm³/mol. The zero-order valence-corrected chi connectivity index (χ0v) is 18.8. The smallest absolute Gasteiger partial charge is 0.266 e. The summed E-state index contributed by atoms with van der Waals surface area (Å²) in [5.74, 6) is -2.04. The SMILES string of the molecule is N=C(N)COCCC1c2cc(-c3cccnc3F)ccc2Oc2cnc(N3CCC(F)(F)C3)cc21. The average molecular weight is 483 g/mol. The van der Waals surface area contributed by atoms with Crippen molar-refractivity contribution in [1.29, 1.82) is 5.41 Å². The summed E-state index contributed by atoms with van der Waals surface area (Å²) in [6, 6.07) is 10.5. The van der Waals surface area contributed by atoms with Gasteiger partial charge in [-0.05, 0) is 42.3 Å². The third kappa shape index (κ3) is 4.79. The molecule has 3 aromatic rings. The first-order chi connectivity index (χ1) is 16.8. The van der Waals surface area contributed by atoms with Gasteiger partial charge in [-0.1, -0.05) is 6.07 Å². The van der Waals surface area contributed by atoms with Crippen LogP contribution in [-0.4, -0.2) is 48.0 Å². The fraction of sp³-hybridized carbons (Fsp3) is 0.320. The van der Waals surface area contributed by atoms with Crippen LogP contribution in [0.2, 0.25) is 0 Å². The average Bonchev–Trinajstić information content (AvgIpc) is 3.20. The highest BCUT2D eigenvalue weighted by molar-refractivity contribution is 5.78. The minimum absolute atomic E-state index is 0.00826. The molecular formula is C25H24F3N5O2. The molecule has 2 aromatic heterocycles. The number of benzene rings is 1. The van der Waals surface area contributed by atoms with E-state index >= 15 is 0 Å². The number of pyridine rings is 2. The van der Waals surface area contributed by atoms with Gasteiger partial charge >= 0.3 is 0 Å². The molecule has 2 aliphatic rings. The molecule has 1 atom stereocenters. The molecule has 0 radical (unpaired) electrons. The van der Waals surface area contributed by atoms with Gasteiger partial charge in [-0.25, -0.2) is 18.7 Å². The van der Waals surface area contributed by atoms with Crippen molar-refractivity contribution in [2.75, 3.05) is 31.2 Å². The quantitative estimate of drug-likeness (QED) is 0.219. The topological polar surface area (TPSA) is 97.4 Å². The van der Waals surface area contributed by atoms with E-state index in [-0.39, 0.29) is 37.9 Å². The van der Waals surface area contributed by atoms with Gasteiger partial charge in [0.15, 0.2) is 0 Å². The first-order valence-corrected chi connectivity index (χ1v) is 11.3. The van der Waals surface area contributed by atoms with Crippen molar-refractivity contribution in [2.45, 2.75) is 24.7 Å². The maximum absolute atomic E-state index is 14.4. The Labute approximate surface area is 200 Å². The van der Waals surface area contributed by atoms with Crippen molar-refractivity contribution < 1.29 is 22.6 Å². The van der Waals surface area contributed by atoms with Crippen molar-refractivity contribution in [3.8, 4) is 22.6 Å². The van der Waals surface area contributed by atoms with Crippen molar-refractivity contribution >= 4 is 11.7 Å². The standard InChI is InChI=1S/C25H24F3N5O2/c26-24-16(2-1-7-31-24)15-3-4-20-18(10-15)17(5-9-34-13-22(29)30)19-11-23(32-12-21(19)35-20)33-8-6-25(27,28)14-33/h1-4,7,10-12,17H,5-6,8-9,13-14H2,(H3,29,30). The number of alkyl halides is 2. The van der Waals surface area contributed by atoms with Crippen LogP contribution in [0.3, 0.4) is 0 Å². The van der Waals surface area contributed by atoms with Gasteiger partial charge in [0.2, 0.25) is 5.95 Å². The number of rotatable bonds is 7. The second-order valence-corrected chi connectivity index (χ2v) is 8.72. The number of aromatic nitrogens is 2. The molecule has 35 heavy (non-hydrogen) atoms. The number of halogens is 3. The van der Waals surface area contributed by atoms with Crippen LogP contribution in [0.15, 0.2) is 48.8 Å². The van der Waals surface area contributed by atoms with Crippen molar-refractivity contribution in [3.05, 3.63) is 65.9 Å². The number of fused-ring (bicyclic) bond motifs is 2. The molecule has 1 saturated heterocycles. The molecule has 3 N–H and O–H groups in total. The maximum atomic E-state index is 14.4. The Balaban J connectivity index is 1.52. The van der Waals surface area contributed by atoms with Gasteiger partial charge < -0.3 is 20.1 Å². The zero-order chi connectivity index (χ0) is 24.6. The molecule has 1 unspecified atom stereocenters. The van der Waals surface area contributed by atoms with E-state index in [4.69, 9.17) is 20.6 Å². The lowest BCUT2D eigenvalue weighted by Gasteiger charge is -2.30. The van der Waals surface area contributed by atoms with E-state index in [9.17, 15) is 13.2 Å². The van der Waals surface area contributed by atoms with Crippen LogP contribution in [0.5, 0.6) is 11.5 Å². The second-order valence-electron chi connectivity index (χ2n) is 8.72. The molecule has 0 aliphatic carbocycles. The largest absolute Gasteiger partial charge is 0.455 e. The van der Waals surface area contributed by atoms with Crippen molar-refractivity contribution in [2.24, 2.45) is 5.73 Å². The minimum atomic E-state index is -2.75. The van der Waals surface area contributed by atoms with E-state index < -0.39 is 11.9 Å². The summed E-state index contributed by atoms with van der Waals surface area (Å²) in [7, 11) is 0. The molecule has 182 valence electrons. The van der Waals surface area contributed by atoms with E-state index in [1.54, 1.807) is 41.4 Å². The van der Waals surface area contributed by atoms with E-state index in [0.29, 0.717) is 41.5 Å². The molecule has 1 fully saturated rings. The molecule has 0 saturated carbocycles. The van der Waals surface area contributed by atoms with Gasteiger partial charge in [0.25, 0.3) is 5.92 Å². The van der Waals surface area contributed by atoms with Crippen LogP contribution in [0.4, 0.5) is 19.0 Å². The number of anilines is 1. The number of hydrogen-bond acceptors (Lipinski definition) is 6. The molecule has 0 spiro atoms. The third-order valence-electron chi connectivity index (χ3n) is 6.24. The Morgan fingerprint density at radius 2 is 2.03 bits per heavy atom. The van der Waals surface area contributed by atoms with E-state index in [1.165, 1.54) is 6.20 Å². The lowest BCUT2D eigenvalue weighted by atomic mass is 9.85. The summed E-state index contributed by atoms with van der Waals surface area (Å²) in [4.78, 5) is 9.69. The Kier molecular flexibility index (Phi) is 6.06. The summed E-state index contributed by atoms with van der Waals surface area (Å²) in [5.41, 5.74) is 8.00. The highest BCUT2D eigenvalue weighted by Crippen LogP contribution is 2.48. The maximum Gasteiger partial charge on any atom is 0.266 e. The lowest BCUT2D eigenvalue weighted by molar-refractivity contribution is 0.0256. The molecule has 0 bridgehead atoms. The summed E-state index contributed by atoms with van der Waals surface area (Å²) in [6.45, 7) is 0.141. The molecule has 7 nitrogen and oxygen atoms in total. The Morgan fingerprint density at radius 3 is 2.77 bits per heavy atom. The first-order valence-electron chi connectivity index (χ1n) is 11.3. The molecular weight excluding hydrogens is 459 g/mol. The normalized spacial score (nSPS) is 18.0. The van der Waals surface area contributed by atoms with Crippen LogP contribution in [0.1, 0.15) is 29.9 Å². The van der Waals surface area contributed by atoms with Gasteiger partial charge in [-0.3, -0.25) is 5.41 Å². The van der Waals surface area contributed by atoms with Crippen molar-refractivity contribution in [3.63, 3.8) is 0 Å². The van der Waals surface area contributed by atoms with E-state index in [2.05, 4.69) is 9.97 Å². The summed E-state index contributed by atoms with van der Waals surface area (Å²) < 4.78 is 53.7. The number of nitrogens with one attached hydrogen (secondary N) is 1. The highest BCUT2D eigenvalue weighted by Gasteiger charge is 2.39. The predicted octanol–water partition coefficient (Wildman–Crippen LogP) is 4.71. The number of ether oxygens (including phenoxy) is 2. The number of nitrogens with two attached hydrogens (primary N) is 1. The molecule has 0 amide bonds. The lowest BCUT2D eigenvalue weighted by Crippen LogP contribution is -2.26. The molecule has 1 aromatic carbocycles. The first kappa shape index (κ1) is 23.1. The fourth-order valence-electron chi connectivity index (χ4n) is 4.57. The highest BCUT2D eigenvalue weighted by atomic mass is 19.3. The fourth-order valence-corrected chi connectivity index (χ4v) is 4.57. The zero-order valence-electron chi connectivity index (χ0n) is 18.8. The van der Waals surface area contributed by atoms with Gasteiger partial charge in [0, 0.05) is 48.4 Å². The number of amidine groups is 1. The monoisotopic (exact) mass is 483 g/mol. The number of hydrogen-bond donors (Lipinski definition) is 2. The summed E-state index contributed by atoms with van der Waals surface area (Å²) in [6.07, 6.45) is 3.24. The van der Waals surface area contributed by atoms with Gasteiger partial charge in [-0.15, -0.1) is 0 Å². The summed E-state index contributed by atoms with van der Waals surface area (Å²) in [5, 5.41) is 7.37. The minimum Gasteiger partial charge on any atom is -0.455 e.